The number of nitrogens with zero attached hydrogens (tertiary/aromatic N) is 2. The fraction of sp³-hybridized carbons (Fsp3) is 0.280. The molecule has 164 valence electrons. The van der Waals surface area contributed by atoms with Gasteiger partial charge in [0, 0.05) is 25.4 Å². The van der Waals surface area contributed by atoms with Crippen LogP contribution in [0.5, 0.6) is 17.2 Å². The van der Waals surface area contributed by atoms with Gasteiger partial charge >= 0.3 is 0 Å². The summed E-state index contributed by atoms with van der Waals surface area (Å²) < 4.78 is 17.4. The largest absolute Gasteiger partial charge is 0.497 e. The lowest BCUT2D eigenvalue weighted by Crippen LogP contribution is -2.20. The van der Waals surface area contributed by atoms with Crippen LogP contribution in [0.25, 0.3) is 22.2 Å². The van der Waals surface area contributed by atoms with E-state index in [2.05, 4.69) is 16.0 Å². The SMILES string of the molecule is COc1ccc2c(c1)C[C@@H](c1nc3c(OCCCO)cc(-c4ccncc4)cc3[nH]1)CO2. The van der Waals surface area contributed by atoms with Crippen LogP contribution in [0, 0.1) is 0 Å². The number of methoxy groups -OCH3 is 1. The van der Waals surface area contributed by atoms with E-state index in [1.807, 2.05) is 36.4 Å². The van der Waals surface area contributed by atoms with E-state index in [0.717, 1.165) is 51.5 Å². The Kier molecular flexibility index (Phi) is 5.64. The van der Waals surface area contributed by atoms with E-state index in [-0.39, 0.29) is 12.5 Å². The standard InChI is InChI=1S/C25H25N3O4/c1-30-20-3-4-22-18(12-20)11-19(15-32-22)25-27-21-13-17(16-5-7-26-8-6-16)14-23(24(21)28-25)31-10-2-9-29/h3-8,12-14,19,29H,2,9-11,15H2,1H3,(H,27,28)/t19-/m1/s1. The average molecular weight is 431 g/mol. The molecule has 0 saturated carbocycles. The van der Waals surface area contributed by atoms with Crippen molar-refractivity contribution in [1.82, 2.24) is 15.0 Å². The molecule has 1 atom stereocenters. The van der Waals surface area contributed by atoms with Gasteiger partial charge in [0.25, 0.3) is 0 Å². The lowest BCUT2D eigenvalue weighted by Gasteiger charge is -2.24. The van der Waals surface area contributed by atoms with Gasteiger partial charge in [-0.15, -0.1) is 0 Å². The summed E-state index contributed by atoms with van der Waals surface area (Å²) in [7, 11) is 1.67. The van der Waals surface area contributed by atoms with Crippen LogP contribution in [-0.4, -0.2) is 47.0 Å². The topological polar surface area (TPSA) is 89.5 Å². The Morgan fingerprint density at radius 2 is 2.00 bits per heavy atom. The molecule has 1 aliphatic rings. The van der Waals surface area contributed by atoms with Crippen LogP contribution in [0.3, 0.4) is 0 Å². The maximum absolute atomic E-state index is 9.15. The number of ether oxygens (including phenoxy) is 3. The van der Waals surface area contributed by atoms with Gasteiger partial charge in [-0.2, -0.15) is 0 Å². The monoisotopic (exact) mass is 431 g/mol. The zero-order valence-corrected chi connectivity index (χ0v) is 17.9. The zero-order valence-electron chi connectivity index (χ0n) is 17.9. The molecule has 4 aromatic rings. The molecule has 0 aliphatic carbocycles. The molecule has 1 aliphatic heterocycles. The van der Waals surface area contributed by atoms with Crippen LogP contribution in [-0.2, 0) is 6.42 Å². The number of hydrogen-bond acceptors (Lipinski definition) is 6. The summed E-state index contributed by atoms with van der Waals surface area (Å²) in [5, 5.41) is 9.15. The zero-order chi connectivity index (χ0) is 21.9. The second-order valence-corrected chi connectivity index (χ2v) is 7.84. The van der Waals surface area contributed by atoms with Crippen LogP contribution < -0.4 is 14.2 Å². The Balaban J connectivity index is 1.51. The van der Waals surface area contributed by atoms with Gasteiger partial charge in [-0.3, -0.25) is 4.98 Å². The number of aromatic amines is 1. The summed E-state index contributed by atoms with van der Waals surface area (Å²) >= 11 is 0. The van der Waals surface area contributed by atoms with Gasteiger partial charge < -0.3 is 24.3 Å². The van der Waals surface area contributed by atoms with Crippen molar-refractivity contribution < 1.29 is 19.3 Å². The average Bonchev–Trinajstić information content (AvgIpc) is 3.28. The summed E-state index contributed by atoms with van der Waals surface area (Å²) in [5.74, 6) is 3.37. The second kappa shape index (κ2) is 8.88. The highest BCUT2D eigenvalue weighted by molar-refractivity contribution is 5.87. The van der Waals surface area contributed by atoms with E-state index in [0.29, 0.717) is 25.4 Å². The van der Waals surface area contributed by atoms with E-state index >= 15 is 0 Å². The molecule has 0 fully saturated rings. The van der Waals surface area contributed by atoms with Crippen molar-refractivity contribution >= 4 is 11.0 Å². The third kappa shape index (κ3) is 3.99. The minimum atomic E-state index is 0.0846. The number of hydrogen-bond donors (Lipinski definition) is 2. The summed E-state index contributed by atoms with van der Waals surface area (Å²) in [4.78, 5) is 12.5. The molecule has 0 bridgehead atoms. The third-order valence-electron chi connectivity index (χ3n) is 5.70. The van der Waals surface area contributed by atoms with E-state index in [4.69, 9.17) is 24.3 Å². The van der Waals surface area contributed by atoms with Crippen molar-refractivity contribution in [3.8, 4) is 28.4 Å². The summed E-state index contributed by atoms with van der Waals surface area (Å²) in [6.07, 6.45) is 4.92. The Morgan fingerprint density at radius 1 is 1.12 bits per heavy atom. The van der Waals surface area contributed by atoms with Crippen LogP contribution in [0.1, 0.15) is 23.7 Å². The first kappa shape index (κ1) is 20.3. The minimum Gasteiger partial charge on any atom is -0.497 e. The van der Waals surface area contributed by atoms with Gasteiger partial charge in [0.2, 0.25) is 0 Å². The highest BCUT2D eigenvalue weighted by atomic mass is 16.5. The van der Waals surface area contributed by atoms with Crippen LogP contribution >= 0.6 is 0 Å². The lowest BCUT2D eigenvalue weighted by atomic mass is 9.96. The van der Waals surface area contributed by atoms with E-state index in [9.17, 15) is 0 Å². The lowest BCUT2D eigenvalue weighted by molar-refractivity contribution is 0.234. The molecular formula is C25H25N3O4. The van der Waals surface area contributed by atoms with Crippen molar-refractivity contribution in [3.63, 3.8) is 0 Å². The highest BCUT2D eigenvalue weighted by Gasteiger charge is 2.25. The van der Waals surface area contributed by atoms with Crippen molar-refractivity contribution in [3.05, 3.63) is 66.2 Å². The molecule has 7 nitrogen and oxygen atoms in total. The molecule has 0 unspecified atom stereocenters. The number of rotatable bonds is 7. The molecule has 2 N–H and O–H groups in total. The maximum Gasteiger partial charge on any atom is 0.147 e. The third-order valence-corrected chi connectivity index (χ3v) is 5.70. The first-order valence-corrected chi connectivity index (χ1v) is 10.7. The van der Waals surface area contributed by atoms with Gasteiger partial charge in [-0.05, 0) is 65.6 Å². The van der Waals surface area contributed by atoms with Crippen molar-refractivity contribution in [2.24, 2.45) is 0 Å². The molecular weight excluding hydrogens is 406 g/mol. The molecule has 3 heterocycles. The predicted octanol–water partition coefficient (Wildman–Crippen LogP) is 4.11. The van der Waals surface area contributed by atoms with Crippen molar-refractivity contribution in [2.45, 2.75) is 18.8 Å². The number of benzene rings is 2. The number of aliphatic hydroxyl groups excluding tert-OH is 1. The van der Waals surface area contributed by atoms with Gasteiger partial charge in [0.1, 0.15) is 28.6 Å². The Hall–Kier alpha value is -3.58. The van der Waals surface area contributed by atoms with Crippen molar-refractivity contribution in [2.75, 3.05) is 26.9 Å². The summed E-state index contributed by atoms with van der Waals surface area (Å²) in [5.41, 5.74) is 4.87. The predicted molar refractivity (Wildman–Crippen MR) is 121 cm³/mol. The minimum absolute atomic E-state index is 0.0846. The van der Waals surface area contributed by atoms with E-state index in [1.165, 1.54) is 0 Å². The number of imidazole rings is 1. The Bertz CT molecular complexity index is 1220. The number of nitrogens with one attached hydrogen (secondary N) is 1. The molecule has 2 aromatic carbocycles. The number of pyridine rings is 1. The van der Waals surface area contributed by atoms with E-state index < -0.39 is 0 Å². The highest BCUT2D eigenvalue weighted by Crippen LogP contribution is 2.37. The fourth-order valence-electron chi connectivity index (χ4n) is 4.04. The number of aromatic nitrogens is 3. The molecule has 0 amide bonds. The Labute approximate surface area is 186 Å². The molecule has 32 heavy (non-hydrogen) atoms. The molecule has 2 aromatic heterocycles. The molecule has 0 saturated heterocycles. The first-order valence-electron chi connectivity index (χ1n) is 10.7. The molecule has 7 heteroatoms. The van der Waals surface area contributed by atoms with Gasteiger partial charge in [0.05, 0.1) is 31.8 Å². The van der Waals surface area contributed by atoms with Crippen LogP contribution in [0.15, 0.2) is 54.9 Å². The molecule has 5 rings (SSSR count). The number of H-pyrrole nitrogens is 1. The number of aliphatic hydroxyl groups is 1. The van der Waals surface area contributed by atoms with Crippen LogP contribution in [0.4, 0.5) is 0 Å². The molecule has 0 radical (unpaired) electrons. The molecule has 0 spiro atoms. The normalized spacial score (nSPS) is 15.2. The van der Waals surface area contributed by atoms with Crippen molar-refractivity contribution in [1.29, 1.82) is 0 Å². The number of fused-ring (bicyclic) bond motifs is 2. The first-order chi connectivity index (χ1) is 15.7. The summed E-state index contributed by atoms with van der Waals surface area (Å²) in [6.45, 7) is 1.06. The van der Waals surface area contributed by atoms with Gasteiger partial charge in [0.15, 0.2) is 0 Å². The quantitative estimate of drug-likeness (QED) is 0.428. The maximum atomic E-state index is 9.15. The fourth-order valence-corrected chi connectivity index (χ4v) is 4.04. The smallest absolute Gasteiger partial charge is 0.147 e. The van der Waals surface area contributed by atoms with Crippen LogP contribution in [0.2, 0.25) is 0 Å². The van der Waals surface area contributed by atoms with E-state index in [1.54, 1.807) is 19.5 Å². The second-order valence-electron chi connectivity index (χ2n) is 7.84. The van der Waals surface area contributed by atoms with Gasteiger partial charge in [-0.25, -0.2) is 4.98 Å². The summed E-state index contributed by atoms with van der Waals surface area (Å²) in [6, 6.07) is 13.9. The van der Waals surface area contributed by atoms with Gasteiger partial charge in [-0.1, -0.05) is 0 Å². The Morgan fingerprint density at radius 3 is 2.81 bits per heavy atom.